The summed E-state index contributed by atoms with van der Waals surface area (Å²) in [5.74, 6) is -0.464. The van der Waals surface area contributed by atoms with E-state index in [1.807, 2.05) is 0 Å². The van der Waals surface area contributed by atoms with Crippen LogP contribution in [0.25, 0.3) is 0 Å². The summed E-state index contributed by atoms with van der Waals surface area (Å²) in [6.07, 6.45) is -1.79. The first kappa shape index (κ1) is 10.1. The molecular weight excluding hydrogens is 202 g/mol. The van der Waals surface area contributed by atoms with Crippen LogP contribution in [0.15, 0.2) is 6.20 Å². The van der Waals surface area contributed by atoms with E-state index in [2.05, 4.69) is 4.98 Å². The van der Waals surface area contributed by atoms with Crippen LogP contribution < -0.4 is 5.73 Å². The summed E-state index contributed by atoms with van der Waals surface area (Å²) < 4.78 is 24.7. The topological polar surface area (TPSA) is 59.1 Å². The van der Waals surface area contributed by atoms with E-state index >= 15 is 0 Å². The first-order chi connectivity index (χ1) is 6.07. The van der Waals surface area contributed by atoms with Gasteiger partial charge in [0.15, 0.2) is 5.75 Å². The van der Waals surface area contributed by atoms with Gasteiger partial charge in [-0.2, -0.15) is 0 Å². The lowest BCUT2D eigenvalue weighted by Gasteiger charge is -2.08. The molecule has 0 amide bonds. The monoisotopic (exact) mass is 208 g/mol. The van der Waals surface area contributed by atoms with E-state index in [4.69, 9.17) is 22.4 Å². The number of nitrogens with zero attached hydrogens (tertiary/aromatic N) is 1. The Kier molecular flexibility index (Phi) is 3.00. The maximum absolute atomic E-state index is 12.4. The molecule has 13 heavy (non-hydrogen) atoms. The van der Waals surface area contributed by atoms with E-state index in [-0.39, 0.29) is 17.3 Å². The van der Waals surface area contributed by atoms with E-state index in [1.54, 1.807) is 0 Å². The van der Waals surface area contributed by atoms with Crippen molar-refractivity contribution in [3.05, 3.63) is 22.5 Å². The van der Waals surface area contributed by atoms with Gasteiger partial charge in [0.1, 0.15) is 0 Å². The summed E-state index contributed by atoms with van der Waals surface area (Å²) in [6.45, 7) is -0.139. The number of halogens is 3. The Balaban J connectivity index is 3.32. The average Bonchev–Trinajstić information content (AvgIpc) is 2.08. The van der Waals surface area contributed by atoms with Crippen molar-refractivity contribution in [2.75, 3.05) is 0 Å². The van der Waals surface area contributed by atoms with Gasteiger partial charge in [-0.15, -0.1) is 0 Å². The minimum Gasteiger partial charge on any atom is -0.505 e. The third-order valence-electron chi connectivity index (χ3n) is 1.53. The van der Waals surface area contributed by atoms with Crippen molar-refractivity contribution >= 4 is 11.6 Å². The molecule has 0 radical (unpaired) electrons. The van der Waals surface area contributed by atoms with Crippen molar-refractivity contribution in [1.29, 1.82) is 0 Å². The van der Waals surface area contributed by atoms with Crippen molar-refractivity contribution in [3.8, 4) is 5.75 Å². The number of hydrogen-bond donors (Lipinski definition) is 2. The zero-order chi connectivity index (χ0) is 10.0. The molecule has 0 aliphatic carbocycles. The van der Waals surface area contributed by atoms with E-state index < -0.39 is 17.7 Å². The summed E-state index contributed by atoms with van der Waals surface area (Å²) in [6, 6.07) is 0. The van der Waals surface area contributed by atoms with Crippen molar-refractivity contribution < 1.29 is 13.9 Å². The molecule has 0 unspecified atom stereocenters. The molecule has 0 bridgehead atoms. The molecule has 0 aliphatic heterocycles. The number of aromatic hydroxyl groups is 1. The molecule has 6 heteroatoms. The fourth-order valence-electron chi connectivity index (χ4n) is 0.914. The Hall–Kier alpha value is -0.940. The Morgan fingerprint density at radius 3 is 2.69 bits per heavy atom. The molecule has 0 saturated heterocycles. The summed E-state index contributed by atoms with van der Waals surface area (Å²) in [4.78, 5) is 3.54. The smallest absolute Gasteiger partial charge is 0.267 e. The lowest BCUT2D eigenvalue weighted by molar-refractivity contribution is 0.149. The quantitative estimate of drug-likeness (QED) is 0.780. The van der Waals surface area contributed by atoms with E-state index in [0.29, 0.717) is 0 Å². The highest BCUT2D eigenvalue weighted by molar-refractivity contribution is 6.32. The van der Waals surface area contributed by atoms with Crippen molar-refractivity contribution in [2.24, 2.45) is 5.73 Å². The van der Waals surface area contributed by atoms with Gasteiger partial charge in [0.25, 0.3) is 6.43 Å². The molecule has 3 nitrogen and oxygen atoms in total. The summed E-state index contributed by atoms with van der Waals surface area (Å²) in [5.41, 5.74) is 4.67. The third kappa shape index (κ3) is 1.87. The zero-order valence-corrected chi connectivity index (χ0v) is 7.22. The largest absolute Gasteiger partial charge is 0.505 e. The number of nitrogens with two attached hydrogens (primary N) is 1. The second-order valence-corrected chi connectivity index (χ2v) is 2.70. The molecule has 1 aromatic heterocycles. The number of hydrogen-bond acceptors (Lipinski definition) is 3. The van der Waals surface area contributed by atoms with Gasteiger partial charge >= 0.3 is 0 Å². The van der Waals surface area contributed by atoms with E-state index in [9.17, 15) is 8.78 Å². The van der Waals surface area contributed by atoms with Gasteiger partial charge < -0.3 is 10.8 Å². The molecular formula is C7H7ClF2N2O. The first-order valence-corrected chi connectivity index (χ1v) is 3.80. The van der Waals surface area contributed by atoms with E-state index in [1.165, 1.54) is 0 Å². The molecule has 0 fully saturated rings. The van der Waals surface area contributed by atoms with Crippen LogP contribution in [-0.2, 0) is 6.54 Å². The highest BCUT2D eigenvalue weighted by Gasteiger charge is 2.20. The Labute approximate surface area is 78.1 Å². The van der Waals surface area contributed by atoms with Crippen LogP contribution in [0.5, 0.6) is 5.75 Å². The summed E-state index contributed by atoms with van der Waals surface area (Å²) in [7, 11) is 0. The minimum absolute atomic E-state index is 0.00204. The number of rotatable bonds is 2. The summed E-state index contributed by atoms with van der Waals surface area (Å²) >= 11 is 5.45. The van der Waals surface area contributed by atoms with Crippen LogP contribution in [-0.4, -0.2) is 10.1 Å². The van der Waals surface area contributed by atoms with Crippen molar-refractivity contribution in [1.82, 2.24) is 4.98 Å². The predicted molar refractivity (Wildman–Crippen MR) is 43.8 cm³/mol. The number of aromatic nitrogens is 1. The Morgan fingerprint density at radius 1 is 1.62 bits per heavy atom. The minimum atomic E-state index is -2.79. The number of alkyl halides is 2. The zero-order valence-electron chi connectivity index (χ0n) is 6.47. The first-order valence-electron chi connectivity index (χ1n) is 3.42. The van der Waals surface area contributed by atoms with Crippen LogP contribution in [0.2, 0.25) is 5.02 Å². The molecule has 72 valence electrons. The average molecular weight is 209 g/mol. The molecule has 0 atom stereocenters. The van der Waals surface area contributed by atoms with Crippen LogP contribution in [0, 0.1) is 0 Å². The highest BCUT2D eigenvalue weighted by Crippen LogP contribution is 2.34. The second kappa shape index (κ2) is 3.85. The normalized spacial score (nSPS) is 10.8. The standard InChI is InChI=1S/C7H7ClF2N2O/c8-6-4(13)2-12-3(1-11)5(6)7(9)10/h2,7,13H,1,11H2. The lowest BCUT2D eigenvalue weighted by Crippen LogP contribution is -2.05. The van der Waals surface area contributed by atoms with Crippen molar-refractivity contribution in [2.45, 2.75) is 13.0 Å². The molecule has 3 N–H and O–H groups in total. The van der Waals surface area contributed by atoms with Gasteiger partial charge in [0, 0.05) is 6.54 Å². The molecule has 0 saturated carbocycles. The SMILES string of the molecule is NCc1ncc(O)c(Cl)c1C(F)F. The van der Waals surface area contributed by atoms with Crippen molar-refractivity contribution in [3.63, 3.8) is 0 Å². The molecule has 0 aliphatic rings. The maximum Gasteiger partial charge on any atom is 0.267 e. The molecule has 0 spiro atoms. The fourth-order valence-corrected chi connectivity index (χ4v) is 1.15. The van der Waals surface area contributed by atoms with Crippen LogP contribution in [0.1, 0.15) is 17.7 Å². The highest BCUT2D eigenvalue weighted by atomic mass is 35.5. The van der Waals surface area contributed by atoms with Gasteiger partial charge in [-0.05, 0) is 0 Å². The van der Waals surface area contributed by atoms with Gasteiger partial charge in [-0.25, -0.2) is 8.78 Å². The molecule has 1 aromatic rings. The van der Waals surface area contributed by atoms with Gasteiger partial charge in [-0.3, -0.25) is 4.98 Å². The van der Waals surface area contributed by atoms with Crippen LogP contribution in [0.4, 0.5) is 8.78 Å². The lowest BCUT2D eigenvalue weighted by atomic mass is 10.2. The van der Waals surface area contributed by atoms with E-state index in [0.717, 1.165) is 6.20 Å². The third-order valence-corrected chi connectivity index (χ3v) is 1.92. The Morgan fingerprint density at radius 2 is 2.23 bits per heavy atom. The Bertz CT molecular complexity index is 320. The predicted octanol–water partition coefficient (Wildman–Crippen LogP) is 1.84. The molecule has 0 aromatic carbocycles. The number of pyridine rings is 1. The molecule has 1 rings (SSSR count). The summed E-state index contributed by atoms with van der Waals surface area (Å²) in [5, 5.41) is 8.62. The second-order valence-electron chi connectivity index (χ2n) is 2.32. The molecule has 1 heterocycles. The van der Waals surface area contributed by atoms with Crippen LogP contribution >= 0.6 is 11.6 Å². The van der Waals surface area contributed by atoms with Gasteiger partial charge in [0.05, 0.1) is 22.5 Å². The maximum atomic E-state index is 12.4. The van der Waals surface area contributed by atoms with Gasteiger partial charge in [0.2, 0.25) is 0 Å². The van der Waals surface area contributed by atoms with Gasteiger partial charge in [-0.1, -0.05) is 11.6 Å². The van der Waals surface area contributed by atoms with Crippen LogP contribution in [0.3, 0.4) is 0 Å². The fraction of sp³-hybridized carbons (Fsp3) is 0.286.